The number of hydrogen-bond acceptors (Lipinski definition) is 4. The number of carbonyl (C=O) groups excluding carboxylic acids is 1. The van der Waals surface area contributed by atoms with Gasteiger partial charge in [-0.15, -0.1) is 0 Å². The van der Waals surface area contributed by atoms with Crippen LogP contribution in [0.3, 0.4) is 0 Å². The van der Waals surface area contributed by atoms with E-state index in [1.54, 1.807) is 0 Å². The molecule has 1 amide bonds. The highest BCUT2D eigenvalue weighted by molar-refractivity contribution is 5.82. The zero-order valence-electron chi connectivity index (χ0n) is 11.0. The number of nitrogens with one attached hydrogen (secondary N) is 1. The minimum atomic E-state index is -1.02. The van der Waals surface area contributed by atoms with Crippen molar-refractivity contribution in [3.05, 3.63) is 0 Å². The van der Waals surface area contributed by atoms with Crippen LogP contribution in [0.5, 0.6) is 0 Å². The predicted molar refractivity (Wildman–Crippen MR) is 66.3 cm³/mol. The summed E-state index contributed by atoms with van der Waals surface area (Å²) in [6.45, 7) is 3.66. The monoisotopic (exact) mass is 258 g/mol. The normalized spacial score (nSPS) is 16.6. The lowest BCUT2D eigenvalue weighted by atomic mass is 10.2. The Labute approximate surface area is 107 Å². The molecule has 1 atom stereocenters. The minimum absolute atomic E-state index is 0.279. The third-order valence-electron chi connectivity index (χ3n) is 2.84. The smallest absolute Gasteiger partial charge is 0.327 e. The summed E-state index contributed by atoms with van der Waals surface area (Å²) in [6.07, 6.45) is 2.53. The topological polar surface area (TPSA) is 78.9 Å². The van der Waals surface area contributed by atoms with Crippen molar-refractivity contribution >= 4 is 11.9 Å². The molecule has 0 heterocycles. The van der Waals surface area contributed by atoms with Gasteiger partial charge in [-0.05, 0) is 25.8 Å². The number of rotatable bonds is 9. The highest BCUT2D eigenvalue weighted by Gasteiger charge is 2.22. The highest BCUT2D eigenvalue weighted by atomic mass is 16.5. The molecule has 1 unspecified atom stereocenters. The number of amides is 1. The number of carboxylic acid groups (broad SMARTS) is 1. The van der Waals surface area contributed by atoms with Crippen molar-refractivity contribution in [1.82, 2.24) is 10.2 Å². The van der Waals surface area contributed by atoms with Gasteiger partial charge in [0.25, 0.3) is 0 Å². The number of carboxylic acids is 1. The molecule has 0 radical (unpaired) electrons. The summed E-state index contributed by atoms with van der Waals surface area (Å²) in [5, 5.41) is 11.4. The van der Waals surface area contributed by atoms with Crippen molar-refractivity contribution in [2.24, 2.45) is 5.92 Å². The van der Waals surface area contributed by atoms with Crippen molar-refractivity contribution in [2.45, 2.75) is 25.8 Å². The lowest BCUT2D eigenvalue weighted by molar-refractivity contribution is -0.142. The third-order valence-corrected chi connectivity index (χ3v) is 2.84. The van der Waals surface area contributed by atoms with Crippen molar-refractivity contribution in [1.29, 1.82) is 0 Å². The van der Waals surface area contributed by atoms with E-state index in [0.717, 1.165) is 12.5 Å². The zero-order valence-corrected chi connectivity index (χ0v) is 11.0. The fourth-order valence-electron chi connectivity index (χ4n) is 1.59. The van der Waals surface area contributed by atoms with E-state index in [9.17, 15) is 9.59 Å². The van der Waals surface area contributed by atoms with Crippen LogP contribution in [-0.4, -0.2) is 61.3 Å². The Bertz CT molecular complexity index is 292. The van der Waals surface area contributed by atoms with Crippen molar-refractivity contribution in [3.8, 4) is 0 Å². The standard InChI is InChI=1S/C12H22N2O4/c1-9(15)13-11(12(16)17)7-14(2)5-6-18-8-10-3-4-10/h10-11H,3-8H2,1-2H3,(H,13,15)(H,16,17). The lowest BCUT2D eigenvalue weighted by Gasteiger charge is -2.21. The summed E-state index contributed by atoms with van der Waals surface area (Å²) in [6, 6.07) is -0.865. The summed E-state index contributed by atoms with van der Waals surface area (Å²) >= 11 is 0. The first-order valence-electron chi connectivity index (χ1n) is 6.25. The van der Waals surface area contributed by atoms with Gasteiger partial charge in [0.1, 0.15) is 6.04 Å². The van der Waals surface area contributed by atoms with E-state index in [0.29, 0.717) is 13.2 Å². The van der Waals surface area contributed by atoms with E-state index in [-0.39, 0.29) is 12.5 Å². The minimum Gasteiger partial charge on any atom is -0.480 e. The molecule has 0 aromatic carbocycles. The van der Waals surface area contributed by atoms with E-state index in [2.05, 4.69) is 5.32 Å². The Morgan fingerprint density at radius 3 is 2.67 bits per heavy atom. The van der Waals surface area contributed by atoms with Crippen LogP contribution in [0.25, 0.3) is 0 Å². The van der Waals surface area contributed by atoms with E-state index < -0.39 is 12.0 Å². The van der Waals surface area contributed by atoms with Crippen LogP contribution in [0, 0.1) is 5.92 Å². The first-order valence-corrected chi connectivity index (χ1v) is 6.25. The molecule has 1 fully saturated rings. The van der Waals surface area contributed by atoms with Crippen LogP contribution in [0.1, 0.15) is 19.8 Å². The quantitative estimate of drug-likeness (QED) is 0.566. The fourth-order valence-corrected chi connectivity index (χ4v) is 1.59. The molecular weight excluding hydrogens is 236 g/mol. The Morgan fingerprint density at radius 1 is 1.50 bits per heavy atom. The van der Waals surface area contributed by atoms with E-state index in [1.807, 2.05) is 11.9 Å². The number of hydrogen-bond donors (Lipinski definition) is 2. The van der Waals surface area contributed by atoms with Crippen molar-refractivity contribution in [2.75, 3.05) is 33.4 Å². The molecule has 104 valence electrons. The zero-order chi connectivity index (χ0) is 13.5. The molecule has 0 spiro atoms. The van der Waals surface area contributed by atoms with Gasteiger partial charge in [0.05, 0.1) is 6.61 Å². The Hall–Kier alpha value is -1.14. The molecule has 6 nitrogen and oxygen atoms in total. The second-order valence-electron chi connectivity index (χ2n) is 4.87. The number of carbonyl (C=O) groups is 2. The van der Waals surface area contributed by atoms with Crippen LogP contribution in [0.15, 0.2) is 0 Å². The van der Waals surface area contributed by atoms with Gasteiger partial charge in [-0.1, -0.05) is 0 Å². The van der Waals surface area contributed by atoms with Gasteiger partial charge >= 0.3 is 5.97 Å². The Kier molecular flexibility index (Phi) is 6.07. The van der Waals surface area contributed by atoms with Gasteiger partial charge in [0.2, 0.25) is 5.91 Å². The summed E-state index contributed by atoms with van der Waals surface area (Å²) < 4.78 is 5.47. The predicted octanol–water partition coefficient (Wildman–Crippen LogP) is -0.0659. The average Bonchev–Trinajstić information content (AvgIpc) is 3.06. The molecular formula is C12H22N2O4. The molecule has 0 saturated heterocycles. The van der Waals surface area contributed by atoms with Crippen LogP contribution in [0.2, 0.25) is 0 Å². The Morgan fingerprint density at radius 2 is 2.17 bits per heavy atom. The van der Waals surface area contributed by atoms with Gasteiger partial charge in [-0.2, -0.15) is 0 Å². The van der Waals surface area contributed by atoms with Gasteiger partial charge in [0, 0.05) is 26.6 Å². The fraction of sp³-hybridized carbons (Fsp3) is 0.833. The maximum Gasteiger partial charge on any atom is 0.327 e. The molecule has 1 saturated carbocycles. The van der Waals surface area contributed by atoms with E-state index in [4.69, 9.17) is 9.84 Å². The summed E-state index contributed by atoms with van der Waals surface area (Å²) in [4.78, 5) is 23.6. The molecule has 18 heavy (non-hydrogen) atoms. The van der Waals surface area contributed by atoms with Crippen LogP contribution in [-0.2, 0) is 14.3 Å². The molecule has 0 aliphatic heterocycles. The Balaban J connectivity index is 2.15. The molecule has 1 aliphatic carbocycles. The molecule has 0 aromatic heterocycles. The van der Waals surface area contributed by atoms with Crippen LogP contribution >= 0.6 is 0 Å². The highest BCUT2D eigenvalue weighted by Crippen LogP contribution is 2.28. The van der Waals surface area contributed by atoms with E-state index in [1.165, 1.54) is 19.8 Å². The average molecular weight is 258 g/mol. The number of likely N-dealkylation sites (N-methyl/N-ethyl adjacent to an activating group) is 1. The molecule has 1 aliphatic rings. The van der Waals surface area contributed by atoms with Gasteiger partial charge in [-0.3, -0.25) is 4.79 Å². The van der Waals surface area contributed by atoms with Crippen LogP contribution in [0.4, 0.5) is 0 Å². The number of ether oxygens (including phenoxy) is 1. The second kappa shape index (κ2) is 7.33. The van der Waals surface area contributed by atoms with Crippen molar-refractivity contribution < 1.29 is 19.4 Å². The molecule has 0 bridgehead atoms. The van der Waals surface area contributed by atoms with Crippen LogP contribution < -0.4 is 5.32 Å². The molecule has 2 N–H and O–H groups in total. The van der Waals surface area contributed by atoms with Gasteiger partial charge in [0.15, 0.2) is 0 Å². The second-order valence-corrected chi connectivity index (χ2v) is 4.87. The van der Waals surface area contributed by atoms with Crippen molar-refractivity contribution in [3.63, 3.8) is 0 Å². The summed E-state index contributed by atoms with van der Waals surface area (Å²) in [7, 11) is 1.82. The number of nitrogens with zero attached hydrogens (tertiary/aromatic N) is 1. The molecule has 6 heteroatoms. The number of aliphatic carboxylic acids is 1. The summed E-state index contributed by atoms with van der Waals surface area (Å²) in [5.74, 6) is -0.613. The summed E-state index contributed by atoms with van der Waals surface area (Å²) in [5.41, 5.74) is 0. The molecule has 1 rings (SSSR count). The SMILES string of the molecule is CC(=O)NC(CN(C)CCOCC1CC1)C(=O)O. The van der Waals surface area contributed by atoms with E-state index >= 15 is 0 Å². The lowest BCUT2D eigenvalue weighted by Crippen LogP contribution is -2.47. The third kappa shape index (κ3) is 6.56. The molecule has 0 aromatic rings. The first kappa shape index (κ1) is 14.9. The van der Waals surface area contributed by atoms with Gasteiger partial charge < -0.3 is 20.1 Å². The maximum atomic E-state index is 10.9. The first-order chi connectivity index (χ1) is 8.49. The maximum absolute atomic E-state index is 10.9. The van der Waals surface area contributed by atoms with Gasteiger partial charge in [-0.25, -0.2) is 4.79 Å². The largest absolute Gasteiger partial charge is 0.480 e.